The molecule has 0 radical (unpaired) electrons. The van der Waals surface area contributed by atoms with Crippen molar-refractivity contribution in [2.75, 3.05) is 13.2 Å². The van der Waals surface area contributed by atoms with Crippen molar-refractivity contribution in [3.8, 4) is 16.9 Å². The van der Waals surface area contributed by atoms with Crippen LogP contribution in [0.15, 0.2) is 35.3 Å². The molecule has 1 saturated heterocycles. The van der Waals surface area contributed by atoms with Crippen LogP contribution in [0, 0.1) is 6.92 Å². The molecule has 0 spiro atoms. The first-order chi connectivity index (χ1) is 12.9. The second kappa shape index (κ2) is 8.69. The number of benzene rings is 1. The number of hydrogen-bond donors (Lipinski definition) is 2. The molecule has 0 saturated carbocycles. The number of nitrogens with one attached hydrogen (secondary N) is 1. The molecule has 1 aromatic carbocycles. The highest BCUT2D eigenvalue weighted by Crippen LogP contribution is 2.33. The fraction of sp³-hybridized carbons (Fsp3) is 0.421. The van der Waals surface area contributed by atoms with Crippen LogP contribution in [0.2, 0.25) is 0 Å². The van der Waals surface area contributed by atoms with Gasteiger partial charge in [0.1, 0.15) is 11.9 Å². The maximum absolute atomic E-state index is 12.0. The Morgan fingerprint density at radius 3 is 2.67 bits per heavy atom. The Balaban J connectivity index is 2.00. The lowest BCUT2D eigenvalue weighted by molar-refractivity contribution is 0.0258. The van der Waals surface area contributed by atoms with Gasteiger partial charge in [-0.15, -0.1) is 0 Å². The SMILES string of the molecule is Cc1cc(-c2cc(CN[SH](=O)=O)ccc2OC2CCOCC2)cn(C)c1=O. The zero-order chi connectivity index (χ0) is 19.4. The van der Waals surface area contributed by atoms with Gasteiger partial charge >= 0.3 is 0 Å². The molecular formula is C19H24N2O5S. The Morgan fingerprint density at radius 2 is 2.00 bits per heavy atom. The van der Waals surface area contributed by atoms with E-state index in [2.05, 4.69) is 4.72 Å². The minimum atomic E-state index is -2.66. The van der Waals surface area contributed by atoms with E-state index in [1.807, 2.05) is 24.3 Å². The van der Waals surface area contributed by atoms with Gasteiger partial charge in [-0.1, -0.05) is 6.07 Å². The summed E-state index contributed by atoms with van der Waals surface area (Å²) in [5.41, 5.74) is 3.09. The van der Waals surface area contributed by atoms with Crippen LogP contribution >= 0.6 is 0 Å². The Bertz CT molecular complexity index is 911. The lowest BCUT2D eigenvalue weighted by Crippen LogP contribution is -2.26. The molecule has 1 aliphatic rings. The molecule has 27 heavy (non-hydrogen) atoms. The molecule has 3 rings (SSSR count). The number of hydrogen-bond acceptors (Lipinski definition) is 5. The van der Waals surface area contributed by atoms with Crippen LogP contribution in [0.3, 0.4) is 0 Å². The third-order valence-corrected chi connectivity index (χ3v) is 5.01. The normalized spacial score (nSPS) is 15.2. The van der Waals surface area contributed by atoms with Gasteiger partial charge in [-0.2, -0.15) is 0 Å². The van der Waals surface area contributed by atoms with Crippen molar-refractivity contribution in [3.05, 3.63) is 51.9 Å². The predicted octanol–water partition coefficient (Wildman–Crippen LogP) is 1.53. The average molecular weight is 392 g/mol. The number of thiol groups is 1. The van der Waals surface area contributed by atoms with Gasteiger partial charge in [0.15, 0.2) is 0 Å². The van der Waals surface area contributed by atoms with Crippen molar-refractivity contribution in [1.82, 2.24) is 9.29 Å². The van der Waals surface area contributed by atoms with E-state index in [1.165, 1.54) is 0 Å². The van der Waals surface area contributed by atoms with E-state index < -0.39 is 10.9 Å². The van der Waals surface area contributed by atoms with Crippen molar-refractivity contribution in [1.29, 1.82) is 0 Å². The molecule has 146 valence electrons. The third kappa shape index (κ3) is 4.97. The predicted molar refractivity (Wildman–Crippen MR) is 103 cm³/mol. The fourth-order valence-corrected chi connectivity index (χ4v) is 3.48. The molecule has 1 aromatic heterocycles. The highest BCUT2D eigenvalue weighted by molar-refractivity contribution is 7.70. The first-order valence-corrected chi connectivity index (χ1v) is 10.0. The Kier molecular flexibility index (Phi) is 6.30. The first-order valence-electron chi connectivity index (χ1n) is 8.87. The standard InChI is InChI=1S/C19H24N2O5S/c1-13-9-15(12-21(2)19(13)22)17-10-14(11-20-27(23)24)3-4-18(17)26-16-5-7-25-8-6-16/h3-4,9-10,12,16,27H,5-8,11H2,1-2H3,(H,20,23,24). The molecule has 7 nitrogen and oxygen atoms in total. The molecule has 1 aliphatic heterocycles. The topological polar surface area (TPSA) is 86.6 Å². The maximum atomic E-state index is 12.0. The third-order valence-electron chi connectivity index (χ3n) is 4.59. The molecule has 0 bridgehead atoms. The minimum absolute atomic E-state index is 0.0492. The van der Waals surface area contributed by atoms with Crippen LogP contribution < -0.4 is 15.0 Å². The molecule has 0 aliphatic carbocycles. The van der Waals surface area contributed by atoms with Crippen LogP contribution in [0.5, 0.6) is 5.75 Å². The first kappa shape index (κ1) is 19.6. The second-order valence-corrected chi connectivity index (χ2v) is 7.51. The quantitative estimate of drug-likeness (QED) is 0.728. The number of ether oxygens (including phenoxy) is 2. The van der Waals surface area contributed by atoms with Gasteiger partial charge in [-0.25, -0.2) is 13.1 Å². The summed E-state index contributed by atoms with van der Waals surface area (Å²) in [6, 6.07) is 7.44. The van der Waals surface area contributed by atoms with Gasteiger partial charge in [0.2, 0.25) is 10.9 Å². The molecular weight excluding hydrogens is 368 g/mol. The summed E-state index contributed by atoms with van der Waals surface area (Å²) in [6.45, 7) is 3.33. The smallest absolute Gasteiger partial charge is 0.253 e. The van der Waals surface area contributed by atoms with Crippen LogP contribution in [0.4, 0.5) is 0 Å². The molecule has 1 N–H and O–H groups in total. The summed E-state index contributed by atoms with van der Waals surface area (Å²) in [7, 11) is -0.951. The van der Waals surface area contributed by atoms with Crippen molar-refractivity contribution < 1.29 is 17.9 Å². The number of aromatic nitrogens is 1. The average Bonchev–Trinajstić information content (AvgIpc) is 2.65. The van der Waals surface area contributed by atoms with Gasteiger partial charge in [0.25, 0.3) is 5.56 Å². The number of nitrogens with zero attached hydrogens (tertiary/aromatic N) is 1. The zero-order valence-electron chi connectivity index (χ0n) is 15.4. The molecule has 8 heteroatoms. The lowest BCUT2D eigenvalue weighted by Gasteiger charge is -2.25. The molecule has 0 amide bonds. The van der Waals surface area contributed by atoms with Crippen molar-refractivity contribution >= 4 is 10.9 Å². The van der Waals surface area contributed by atoms with Crippen LogP contribution in [0.25, 0.3) is 11.1 Å². The van der Waals surface area contributed by atoms with Crippen molar-refractivity contribution in [3.63, 3.8) is 0 Å². The molecule has 2 aromatic rings. The summed E-state index contributed by atoms with van der Waals surface area (Å²) >= 11 is 0. The summed E-state index contributed by atoms with van der Waals surface area (Å²) in [4.78, 5) is 12.0. The van der Waals surface area contributed by atoms with E-state index in [1.54, 1.807) is 24.7 Å². The van der Waals surface area contributed by atoms with Crippen LogP contribution in [-0.2, 0) is 29.2 Å². The highest BCUT2D eigenvalue weighted by Gasteiger charge is 2.18. The van der Waals surface area contributed by atoms with Gasteiger partial charge < -0.3 is 14.0 Å². The van der Waals surface area contributed by atoms with E-state index >= 15 is 0 Å². The van der Waals surface area contributed by atoms with E-state index in [0.29, 0.717) is 18.8 Å². The van der Waals surface area contributed by atoms with Gasteiger partial charge in [-0.3, -0.25) is 4.79 Å². The van der Waals surface area contributed by atoms with Crippen LogP contribution in [0.1, 0.15) is 24.0 Å². The molecule has 1 fully saturated rings. The fourth-order valence-electron chi connectivity index (χ4n) is 3.17. The van der Waals surface area contributed by atoms with Crippen LogP contribution in [-0.4, -0.2) is 32.3 Å². The Hall–Kier alpha value is -2.16. The van der Waals surface area contributed by atoms with E-state index in [9.17, 15) is 13.2 Å². The summed E-state index contributed by atoms with van der Waals surface area (Å²) < 4.78 is 37.2. The monoisotopic (exact) mass is 392 g/mol. The van der Waals surface area contributed by atoms with Crippen molar-refractivity contribution in [2.45, 2.75) is 32.4 Å². The largest absolute Gasteiger partial charge is 0.490 e. The van der Waals surface area contributed by atoms with E-state index in [0.717, 1.165) is 35.3 Å². The number of pyridine rings is 1. The summed E-state index contributed by atoms with van der Waals surface area (Å²) in [5.74, 6) is 0.718. The maximum Gasteiger partial charge on any atom is 0.253 e. The Morgan fingerprint density at radius 1 is 1.26 bits per heavy atom. The molecule has 0 atom stereocenters. The summed E-state index contributed by atoms with van der Waals surface area (Å²) in [6.07, 6.45) is 3.50. The molecule has 2 heterocycles. The minimum Gasteiger partial charge on any atom is -0.490 e. The second-order valence-electron chi connectivity index (χ2n) is 6.68. The van der Waals surface area contributed by atoms with Gasteiger partial charge in [-0.05, 0) is 30.7 Å². The number of aryl methyl sites for hydroxylation is 2. The van der Waals surface area contributed by atoms with Gasteiger partial charge in [0.05, 0.1) is 13.2 Å². The highest BCUT2D eigenvalue weighted by atomic mass is 32.2. The van der Waals surface area contributed by atoms with E-state index in [-0.39, 0.29) is 18.2 Å². The zero-order valence-corrected chi connectivity index (χ0v) is 16.3. The number of rotatable bonds is 6. The van der Waals surface area contributed by atoms with E-state index in [4.69, 9.17) is 9.47 Å². The molecule has 0 unspecified atom stereocenters. The lowest BCUT2D eigenvalue weighted by atomic mass is 10.0. The van der Waals surface area contributed by atoms with Gasteiger partial charge in [0, 0.05) is 49.3 Å². The Labute approximate surface area is 160 Å². The summed E-state index contributed by atoms with van der Waals surface area (Å²) in [5, 5.41) is 0. The van der Waals surface area contributed by atoms with Crippen molar-refractivity contribution in [2.24, 2.45) is 7.05 Å².